The standard InChI is InChI=1S/C21H26N4O2.ClH/c22-17-11-15-7-4-8-16(12-17)20(15)23-21(27)18-9-10-19(26)25(24-18)13-14-5-2-1-3-6-14;/h1-3,5-6,9-10,15-17,20H,4,7-8,11-13,22H2,(H,23,27);1H. The molecule has 1 heterocycles. The molecule has 0 radical (unpaired) electrons. The maximum absolute atomic E-state index is 12.8. The van der Waals surface area contributed by atoms with Gasteiger partial charge in [0, 0.05) is 18.2 Å². The highest BCUT2D eigenvalue weighted by molar-refractivity contribution is 5.92. The number of nitrogens with one attached hydrogen (secondary N) is 1. The van der Waals surface area contributed by atoms with Crippen molar-refractivity contribution in [2.45, 2.75) is 50.7 Å². The molecule has 6 nitrogen and oxygen atoms in total. The summed E-state index contributed by atoms with van der Waals surface area (Å²) in [6.07, 6.45) is 5.41. The highest BCUT2D eigenvalue weighted by Crippen LogP contribution is 2.39. The van der Waals surface area contributed by atoms with E-state index in [1.807, 2.05) is 30.3 Å². The fourth-order valence-electron chi connectivity index (χ4n) is 4.69. The second-order valence-electron chi connectivity index (χ2n) is 7.88. The average molecular weight is 403 g/mol. The van der Waals surface area contributed by atoms with Crippen molar-refractivity contribution in [3.8, 4) is 0 Å². The Balaban J connectivity index is 0.00000225. The van der Waals surface area contributed by atoms with Crippen LogP contribution >= 0.6 is 12.4 Å². The van der Waals surface area contributed by atoms with E-state index in [9.17, 15) is 9.59 Å². The first-order chi connectivity index (χ1) is 13.1. The third-order valence-electron chi connectivity index (χ3n) is 5.95. The molecule has 0 aliphatic heterocycles. The smallest absolute Gasteiger partial charge is 0.271 e. The first-order valence-electron chi connectivity index (χ1n) is 9.78. The van der Waals surface area contributed by atoms with E-state index >= 15 is 0 Å². The number of carbonyl (C=O) groups excluding carboxylic acids is 1. The van der Waals surface area contributed by atoms with Crippen LogP contribution in [0.4, 0.5) is 0 Å². The molecule has 4 rings (SSSR count). The predicted octanol–water partition coefficient (Wildman–Crippen LogP) is 2.35. The van der Waals surface area contributed by atoms with Crippen LogP contribution in [0.1, 0.15) is 48.2 Å². The van der Waals surface area contributed by atoms with Crippen LogP contribution in [-0.4, -0.2) is 27.8 Å². The van der Waals surface area contributed by atoms with Crippen LogP contribution in [0.5, 0.6) is 0 Å². The van der Waals surface area contributed by atoms with Crippen molar-refractivity contribution in [2.24, 2.45) is 17.6 Å². The minimum atomic E-state index is -0.212. The molecular weight excluding hydrogens is 376 g/mol. The van der Waals surface area contributed by atoms with Gasteiger partial charge in [-0.15, -0.1) is 12.4 Å². The monoisotopic (exact) mass is 402 g/mol. The van der Waals surface area contributed by atoms with Gasteiger partial charge in [0.1, 0.15) is 5.69 Å². The van der Waals surface area contributed by atoms with Crippen molar-refractivity contribution in [2.75, 3.05) is 0 Å². The number of nitrogens with two attached hydrogens (primary N) is 1. The molecule has 7 heteroatoms. The van der Waals surface area contributed by atoms with Crippen LogP contribution < -0.4 is 16.6 Å². The fraction of sp³-hybridized carbons (Fsp3) is 0.476. The number of amides is 1. The van der Waals surface area contributed by atoms with E-state index in [-0.39, 0.29) is 36.0 Å². The van der Waals surface area contributed by atoms with Crippen LogP contribution in [0.25, 0.3) is 0 Å². The van der Waals surface area contributed by atoms with Gasteiger partial charge in [-0.25, -0.2) is 4.68 Å². The van der Waals surface area contributed by atoms with Gasteiger partial charge in [-0.1, -0.05) is 36.8 Å². The Morgan fingerprint density at radius 2 is 1.79 bits per heavy atom. The number of hydrogen-bond acceptors (Lipinski definition) is 4. The molecule has 2 fully saturated rings. The number of fused-ring (bicyclic) bond motifs is 2. The summed E-state index contributed by atoms with van der Waals surface area (Å²) in [6, 6.07) is 13.0. The molecule has 2 aliphatic rings. The Morgan fingerprint density at radius 3 is 2.46 bits per heavy atom. The summed E-state index contributed by atoms with van der Waals surface area (Å²) in [4.78, 5) is 25.0. The highest BCUT2D eigenvalue weighted by Gasteiger charge is 2.40. The maximum atomic E-state index is 12.8. The van der Waals surface area contributed by atoms with Gasteiger partial charge in [0.25, 0.3) is 11.5 Å². The third-order valence-corrected chi connectivity index (χ3v) is 5.95. The van der Waals surface area contributed by atoms with Crippen molar-refractivity contribution >= 4 is 18.3 Å². The van der Waals surface area contributed by atoms with E-state index < -0.39 is 0 Å². The van der Waals surface area contributed by atoms with Gasteiger partial charge in [0.2, 0.25) is 0 Å². The van der Waals surface area contributed by atoms with E-state index in [2.05, 4.69) is 10.4 Å². The molecule has 3 N–H and O–H groups in total. The number of benzene rings is 1. The van der Waals surface area contributed by atoms with E-state index in [1.165, 1.54) is 23.2 Å². The molecule has 2 aromatic rings. The number of aromatic nitrogens is 2. The summed E-state index contributed by atoms with van der Waals surface area (Å²) >= 11 is 0. The van der Waals surface area contributed by atoms with Gasteiger partial charge in [0.05, 0.1) is 6.54 Å². The largest absolute Gasteiger partial charge is 0.347 e. The number of rotatable bonds is 4. The minimum absolute atomic E-state index is 0. The Hall–Kier alpha value is -2.18. The van der Waals surface area contributed by atoms with Crippen LogP contribution in [0.3, 0.4) is 0 Å². The molecule has 2 aliphatic carbocycles. The minimum Gasteiger partial charge on any atom is -0.347 e. The lowest BCUT2D eigenvalue weighted by Gasteiger charge is -2.45. The summed E-state index contributed by atoms with van der Waals surface area (Å²) in [6.45, 7) is 0.352. The summed E-state index contributed by atoms with van der Waals surface area (Å²) < 4.78 is 1.35. The van der Waals surface area contributed by atoms with Gasteiger partial charge in [-0.3, -0.25) is 9.59 Å². The van der Waals surface area contributed by atoms with E-state index in [0.29, 0.717) is 24.1 Å². The molecule has 1 aromatic carbocycles. The van der Waals surface area contributed by atoms with Crippen LogP contribution in [0.15, 0.2) is 47.3 Å². The topological polar surface area (TPSA) is 90.0 Å². The lowest BCUT2D eigenvalue weighted by molar-refractivity contribution is 0.0749. The maximum Gasteiger partial charge on any atom is 0.271 e. The molecule has 1 aromatic heterocycles. The Kier molecular flexibility index (Phi) is 6.52. The quantitative estimate of drug-likeness (QED) is 0.821. The number of halogens is 1. The Morgan fingerprint density at radius 1 is 1.11 bits per heavy atom. The van der Waals surface area contributed by atoms with Gasteiger partial charge in [-0.2, -0.15) is 5.10 Å². The zero-order chi connectivity index (χ0) is 18.8. The number of nitrogens with zero attached hydrogens (tertiary/aromatic N) is 2. The van der Waals surface area contributed by atoms with Crippen molar-refractivity contribution in [3.63, 3.8) is 0 Å². The van der Waals surface area contributed by atoms with Crippen molar-refractivity contribution in [1.29, 1.82) is 0 Å². The zero-order valence-corrected chi connectivity index (χ0v) is 16.6. The molecule has 150 valence electrons. The van der Waals surface area contributed by atoms with Crippen LogP contribution in [0, 0.1) is 11.8 Å². The fourth-order valence-corrected chi connectivity index (χ4v) is 4.69. The molecule has 2 saturated carbocycles. The van der Waals surface area contributed by atoms with Gasteiger partial charge in [-0.05, 0) is 49.1 Å². The first kappa shape index (κ1) is 20.6. The summed E-state index contributed by atoms with van der Waals surface area (Å²) in [7, 11) is 0. The molecule has 0 spiro atoms. The Bertz CT molecular complexity index is 856. The SMILES string of the molecule is Cl.NC1CC2CCCC(C1)C2NC(=O)c1ccc(=O)n(Cc2ccccc2)n1. The molecule has 2 bridgehead atoms. The molecule has 2 unspecified atom stereocenters. The predicted molar refractivity (Wildman–Crippen MR) is 111 cm³/mol. The number of hydrogen-bond donors (Lipinski definition) is 2. The van der Waals surface area contributed by atoms with Crippen molar-refractivity contribution < 1.29 is 4.79 Å². The van der Waals surface area contributed by atoms with Gasteiger partial charge in [0.15, 0.2) is 0 Å². The van der Waals surface area contributed by atoms with E-state index in [4.69, 9.17) is 5.73 Å². The molecule has 1 amide bonds. The van der Waals surface area contributed by atoms with Crippen molar-refractivity contribution in [1.82, 2.24) is 15.1 Å². The number of carbonyl (C=O) groups is 1. The molecule has 2 atom stereocenters. The summed E-state index contributed by atoms with van der Waals surface area (Å²) in [5.74, 6) is 0.701. The first-order valence-corrected chi connectivity index (χ1v) is 9.78. The second-order valence-corrected chi connectivity index (χ2v) is 7.88. The normalized spacial score (nSPS) is 26.2. The highest BCUT2D eigenvalue weighted by atomic mass is 35.5. The van der Waals surface area contributed by atoms with Crippen LogP contribution in [0.2, 0.25) is 0 Å². The Labute approximate surface area is 170 Å². The van der Waals surface area contributed by atoms with E-state index in [0.717, 1.165) is 31.2 Å². The van der Waals surface area contributed by atoms with Gasteiger partial charge >= 0.3 is 0 Å². The molecule has 0 saturated heterocycles. The molecular formula is C21H27ClN4O2. The zero-order valence-electron chi connectivity index (χ0n) is 15.8. The summed E-state index contributed by atoms with van der Waals surface area (Å²) in [5, 5.41) is 7.51. The summed E-state index contributed by atoms with van der Waals surface area (Å²) in [5.41, 5.74) is 7.23. The van der Waals surface area contributed by atoms with Crippen molar-refractivity contribution in [3.05, 3.63) is 64.1 Å². The van der Waals surface area contributed by atoms with Crippen LogP contribution in [-0.2, 0) is 6.54 Å². The van der Waals surface area contributed by atoms with E-state index in [1.54, 1.807) is 0 Å². The lowest BCUT2D eigenvalue weighted by Crippen LogP contribution is -2.53. The second kappa shape index (κ2) is 8.88. The van der Waals surface area contributed by atoms with Gasteiger partial charge < -0.3 is 11.1 Å². The third kappa shape index (κ3) is 4.45. The average Bonchev–Trinajstić information content (AvgIpc) is 2.65. The lowest BCUT2D eigenvalue weighted by atomic mass is 9.67. The molecule has 28 heavy (non-hydrogen) atoms.